The number of rotatable bonds is 7. The number of anilines is 1. The van der Waals surface area contributed by atoms with Crippen molar-refractivity contribution in [3.63, 3.8) is 0 Å². The number of hydrogen-bond donors (Lipinski definition) is 1. The predicted octanol–water partition coefficient (Wildman–Crippen LogP) is 5.30. The molecule has 4 rings (SSSR count). The summed E-state index contributed by atoms with van der Waals surface area (Å²) >= 11 is 0. The minimum Gasteiger partial charge on any atom is -0.493 e. The van der Waals surface area contributed by atoms with Crippen molar-refractivity contribution in [1.82, 2.24) is 10.1 Å². The number of aryl methyl sites for hydroxylation is 1. The molecule has 34 heavy (non-hydrogen) atoms. The monoisotopic (exact) mass is 459 g/mol. The van der Waals surface area contributed by atoms with Gasteiger partial charge in [0.2, 0.25) is 11.6 Å². The van der Waals surface area contributed by atoms with Crippen molar-refractivity contribution < 1.29 is 23.5 Å². The van der Waals surface area contributed by atoms with Gasteiger partial charge < -0.3 is 24.1 Å². The van der Waals surface area contributed by atoms with Crippen LogP contribution in [0.4, 0.5) is 5.69 Å². The number of amides is 1. The molecule has 0 aliphatic heterocycles. The predicted molar refractivity (Wildman–Crippen MR) is 129 cm³/mol. The summed E-state index contributed by atoms with van der Waals surface area (Å²) in [5.74, 6) is 1.67. The van der Waals surface area contributed by atoms with Crippen LogP contribution in [0, 0.1) is 13.8 Å². The highest BCUT2D eigenvalue weighted by molar-refractivity contribution is 6.08. The van der Waals surface area contributed by atoms with Gasteiger partial charge in [0.1, 0.15) is 0 Å². The lowest BCUT2D eigenvalue weighted by Gasteiger charge is -2.12. The molecule has 0 bridgehead atoms. The van der Waals surface area contributed by atoms with E-state index in [0.29, 0.717) is 39.8 Å². The van der Waals surface area contributed by atoms with Crippen LogP contribution in [0.1, 0.15) is 21.5 Å². The van der Waals surface area contributed by atoms with Crippen LogP contribution in [0.25, 0.3) is 22.8 Å². The number of ether oxygens (including phenoxy) is 3. The lowest BCUT2D eigenvalue weighted by Crippen LogP contribution is -2.14. The Morgan fingerprint density at radius 1 is 0.912 bits per heavy atom. The van der Waals surface area contributed by atoms with Crippen molar-refractivity contribution in [2.75, 3.05) is 26.6 Å². The molecule has 8 heteroatoms. The molecule has 1 heterocycles. The number of carbonyl (C=O) groups is 1. The van der Waals surface area contributed by atoms with Crippen LogP contribution in [0.15, 0.2) is 59.1 Å². The van der Waals surface area contributed by atoms with Gasteiger partial charge in [-0.1, -0.05) is 29.4 Å². The summed E-state index contributed by atoms with van der Waals surface area (Å²) in [5, 5.41) is 7.09. The number of methoxy groups -OCH3 is 3. The first-order valence-electron chi connectivity index (χ1n) is 10.6. The van der Waals surface area contributed by atoms with E-state index in [-0.39, 0.29) is 11.8 Å². The molecule has 0 saturated carbocycles. The van der Waals surface area contributed by atoms with Crippen molar-refractivity contribution in [1.29, 1.82) is 0 Å². The average Bonchev–Trinajstić information content (AvgIpc) is 3.36. The minimum absolute atomic E-state index is 0.218. The van der Waals surface area contributed by atoms with Gasteiger partial charge in [-0.2, -0.15) is 4.98 Å². The first-order valence-corrected chi connectivity index (χ1v) is 10.6. The van der Waals surface area contributed by atoms with Gasteiger partial charge in [-0.25, -0.2) is 0 Å². The average molecular weight is 460 g/mol. The molecule has 0 fully saturated rings. The van der Waals surface area contributed by atoms with Gasteiger partial charge in [0.15, 0.2) is 11.5 Å². The van der Waals surface area contributed by atoms with Crippen LogP contribution in [-0.2, 0) is 0 Å². The van der Waals surface area contributed by atoms with E-state index < -0.39 is 0 Å². The first-order chi connectivity index (χ1) is 16.5. The number of benzene rings is 3. The second-order valence-electron chi connectivity index (χ2n) is 7.58. The Hall–Kier alpha value is -4.33. The number of nitrogens with zero attached hydrogens (tertiary/aromatic N) is 2. The van der Waals surface area contributed by atoms with Crippen LogP contribution in [0.3, 0.4) is 0 Å². The van der Waals surface area contributed by atoms with E-state index in [0.717, 1.165) is 16.8 Å². The summed E-state index contributed by atoms with van der Waals surface area (Å²) in [6.07, 6.45) is 0. The Labute approximate surface area is 197 Å². The van der Waals surface area contributed by atoms with E-state index in [1.807, 2.05) is 38.1 Å². The highest BCUT2D eigenvalue weighted by atomic mass is 16.5. The molecule has 0 saturated heterocycles. The van der Waals surface area contributed by atoms with Crippen LogP contribution in [0.5, 0.6) is 17.2 Å². The second-order valence-corrected chi connectivity index (χ2v) is 7.58. The first kappa shape index (κ1) is 22.8. The maximum absolute atomic E-state index is 13.1. The third kappa shape index (κ3) is 4.30. The number of aromatic nitrogens is 2. The molecule has 0 unspecified atom stereocenters. The van der Waals surface area contributed by atoms with Gasteiger partial charge in [0.25, 0.3) is 11.8 Å². The van der Waals surface area contributed by atoms with Gasteiger partial charge in [-0.3, -0.25) is 4.79 Å². The quantitative estimate of drug-likeness (QED) is 0.401. The van der Waals surface area contributed by atoms with Crippen LogP contribution in [-0.4, -0.2) is 37.4 Å². The Morgan fingerprint density at radius 3 is 2.29 bits per heavy atom. The van der Waals surface area contributed by atoms with Gasteiger partial charge >= 0.3 is 0 Å². The highest BCUT2D eigenvalue weighted by Gasteiger charge is 2.21. The van der Waals surface area contributed by atoms with Crippen molar-refractivity contribution in [3.05, 3.63) is 71.3 Å². The van der Waals surface area contributed by atoms with Gasteiger partial charge in [0, 0.05) is 11.3 Å². The Kier molecular flexibility index (Phi) is 6.49. The summed E-state index contributed by atoms with van der Waals surface area (Å²) in [4.78, 5) is 17.7. The van der Waals surface area contributed by atoms with Gasteiger partial charge in [-0.15, -0.1) is 0 Å². The van der Waals surface area contributed by atoms with E-state index in [9.17, 15) is 4.79 Å². The van der Waals surface area contributed by atoms with Crippen LogP contribution >= 0.6 is 0 Å². The molecule has 0 radical (unpaired) electrons. The number of nitrogens with one attached hydrogen (secondary N) is 1. The summed E-state index contributed by atoms with van der Waals surface area (Å²) in [6, 6.07) is 16.3. The largest absolute Gasteiger partial charge is 0.493 e. The zero-order valence-electron chi connectivity index (χ0n) is 19.6. The molecule has 1 N–H and O–H groups in total. The molecule has 1 amide bonds. The van der Waals surface area contributed by atoms with Crippen LogP contribution in [0.2, 0.25) is 0 Å². The third-order valence-electron chi connectivity index (χ3n) is 5.60. The van der Waals surface area contributed by atoms with E-state index in [4.69, 9.17) is 18.7 Å². The summed E-state index contributed by atoms with van der Waals surface area (Å²) < 4.78 is 21.7. The standard InChI is InChI=1S/C26H25N3O5/c1-15-9-8-12-20(16(15)2)27-25(30)18-10-6-7-11-19(18)26-28-24(29-34-26)17-13-21(31-3)23(33-5)22(14-17)32-4/h6-14H,1-5H3,(H,27,30). The zero-order valence-corrected chi connectivity index (χ0v) is 19.6. The van der Waals surface area contributed by atoms with Crippen LogP contribution < -0.4 is 19.5 Å². The Balaban J connectivity index is 1.69. The molecule has 0 atom stereocenters. The SMILES string of the molecule is COc1cc(-c2noc(-c3ccccc3C(=O)Nc3cccc(C)c3C)n2)cc(OC)c1OC. The van der Waals surface area contributed by atoms with E-state index in [1.54, 1.807) is 30.3 Å². The topological polar surface area (TPSA) is 95.7 Å². The van der Waals surface area contributed by atoms with Crippen molar-refractivity contribution in [2.24, 2.45) is 0 Å². The zero-order chi connectivity index (χ0) is 24.2. The van der Waals surface area contributed by atoms with E-state index >= 15 is 0 Å². The lowest BCUT2D eigenvalue weighted by molar-refractivity contribution is 0.102. The molecule has 0 aliphatic rings. The minimum atomic E-state index is -0.267. The second kappa shape index (κ2) is 9.66. The molecule has 174 valence electrons. The third-order valence-corrected chi connectivity index (χ3v) is 5.60. The maximum atomic E-state index is 13.1. The molecule has 8 nitrogen and oxygen atoms in total. The van der Waals surface area contributed by atoms with Crippen molar-refractivity contribution >= 4 is 11.6 Å². The van der Waals surface area contributed by atoms with Gasteiger partial charge in [0.05, 0.1) is 32.5 Å². The van der Waals surface area contributed by atoms with Crippen molar-refractivity contribution in [3.8, 4) is 40.1 Å². The summed E-state index contributed by atoms with van der Waals surface area (Å²) in [6.45, 7) is 3.97. The van der Waals surface area contributed by atoms with Gasteiger partial charge in [-0.05, 0) is 55.3 Å². The summed E-state index contributed by atoms with van der Waals surface area (Å²) in [7, 11) is 4.60. The molecule has 3 aromatic carbocycles. The fraction of sp³-hybridized carbons (Fsp3) is 0.192. The fourth-order valence-corrected chi connectivity index (χ4v) is 3.60. The van der Waals surface area contributed by atoms with E-state index in [1.165, 1.54) is 21.3 Å². The fourth-order valence-electron chi connectivity index (χ4n) is 3.60. The number of carbonyl (C=O) groups excluding carboxylic acids is 1. The molecular formula is C26H25N3O5. The Morgan fingerprint density at radius 2 is 1.62 bits per heavy atom. The number of hydrogen-bond acceptors (Lipinski definition) is 7. The molecule has 0 aliphatic carbocycles. The lowest BCUT2D eigenvalue weighted by atomic mass is 10.1. The smallest absolute Gasteiger partial charge is 0.259 e. The van der Waals surface area contributed by atoms with Crippen molar-refractivity contribution in [2.45, 2.75) is 13.8 Å². The Bertz CT molecular complexity index is 1320. The molecule has 0 spiro atoms. The molecule has 1 aromatic heterocycles. The summed E-state index contributed by atoms with van der Waals surface area (Å²) in [5.41, 5.74) is 4.42. The molecular weight excluding hydrogens is 434 g/mol. The highest BCUT2D eigenvalue weighted by Crippen LogP contribution is 2.41. The molecule has 4 aromatic rings. The van der Waals surface area contributed by atoms with E-state index in [2.05, 4.69) is 15.5 Å². The normalized spacial score (nSPS) is 10.6. The maximum Gasteiger partial charge on any atom is 0.259 e.